The maximum Gasteiger partial charge on any atom is 0.243 e. The molecule has 2 N–H and O–H groups in total. The summed E-state index contributed by atoms with van der Waals surface area (Å²) in [7, 11) is 0. The zero-order valence-corrected chi connectivity index (χ0v) is 13.0. The lowest BCUT2D eigenvalue weighted by molar-refractivity contribution is -0.114. The van der Waals surface area contributed by atoms with Gasteiger partial charge in [0.15, 0.2) is 0 Å². The van der Waals surface area contributed by atoms with Crippen LogP contribution in [0.25, 0.3) is 11.1 Å². The van der Waals surface area contributed by atoms with Gasteiger partial charge in [0.05, 0.1) is 6.54 Å². The normalized spacial score (nSPS) is 10.2. The summed E-state index contributed by atoms with van der Waals surface area (Å²) in [6.45, 7) is 0.0976. The monoisotopic (exact) mass is 320 g/mol. The predicted molar refractivity (Wildman–Crippen MR) is 95.4 cm³/mol. The molecule has 0 heterocycles. The molecule has 0 fully saturated rings. The van der Waals surface area contributed by atoms with Crippen LogP contribution in [0.3, 0.4) is 0 Å². The van der Waals surface area contributed by atoms with E-state index in [1.165, 1.54) is 12.1 Å². The van der Waals surface area contributed by atoms with E-state index in [4.69, 9.17) is 0 Å². The van der Waals surface area contributed by atoms with Crippen molar-refractivity contribution in [3.8, 4) is 11.1 Å². The average molecular weight is 320 g/mol. The topological polar surface area (TPSA) is 41.1 Å². The van der Waals surface area contributed by atoms with Crippen molar-refractivity contribution in [3.05, 3.63) is 84.7 Å². The van der Waals surface area contributed by atoms with E-state index in [-0.39, 0.29) is 18.3 Å². The van der Waals surface area contributed by atoms with Gasteiger partial charge in [0.2, 0.25) is 5.91 Å². The van der Waals surface area contributed by atoms with E-state index in [0.29, 0.717) is 5.69 Å². The third-order valence-corrected chi connectivity index (χ3v) is 3.56. The summed E-state index contributed by atoms with van der Waals surface area (Å²) in [5, 5.41) is 5.81. The molecule has 0 aliphatic carbocycles. The van der Waals surface area contributed by atoms with Crippen molar-refractivity contribution in [1.82, 2.24) is 0 Å². The summed E-state index contributed by atoms with van der Waals surface area (Å²) in [5.41, 5.74) is 3.42. The quantitative estimate of drug-likeness (QED) is 0.724. The lowest BCUT2D eigenvalue weighted by atomic mass is 10.0. The SMILES string of the molecule is O=C(CNc1ccccc1-c1ccccc1)Nc1cccc(F)c1. The van der Waals surface area contributed by atoms with Gasteiger partial charge in [-0.2, -0.15) is 0 Å². The molecule has 0 atom stereocenters. The highest BCUT2D eigenvalue weighted by Gasteiger charge is 2.07. The Balaban J connectivity index is 1.68. The summed E-state index contributed by atoms with van der Waals surface area (Å²) in [6.07, 6.45) is 0. The number of halogens is 1. The third-order valence-electron chi connectivity index (χ3n) is 3.56. The molecule has 3 aromatic rings. The number of anilines is 2. The molecule has 0 aromatic heterocycles. The average Bonchev–Trinajstić information content (AvgIpc) is 2.61. The molecule has 4 heteroatoms. The lowest BCUT2D eigenvalue weighted by Gasteiger charge is -2.12. The molecule has 0 spiro atoms. The number of hydrogen-bond donors (Lipinski definition) is 2. The fraction of sp³-hybridized carbons (Fsp3) is 0.0500. The fourth-order valence-corrected chi connectivity index (χ4v) is 2.45. The maximum absolute atomic E-state index is 13.1. The first-order valence-corrected chi connectivity index (χ1v) is 7.66. The summed E-state index contributed by atoms with van der Waals surface area (Å²) in [4.78, 5) is 12.0. The lowest BCUT2D eigenvalue weighted by Crippen LogP contribution is -2.22. The van der Waals surface area contributed by atoms with Crippen molar-refractivity contribution in [2.75, 3.05) is 17.2 Å². The molecule has 3 nitrogen and oxygen atoms in total. The van der Waals surface area contributed by atoms with E-state index >= 15 is 0 Å². The first-order valence-electron chi connectivity index (χ1n) is 7.66. The van der Waals surface area contributed by atoms with Crippen molar-refractivity contribution in [2.24, 2.45) is 0 Å². The van der Waals surface area contributed by atoms with E-state index < -0.39 is 0 Å². The maximum atomic E-state index is 13.1. The van der Waals surface area contributed by atoms with Crippen LogP contribution < -0.4 is 10.6 Å². The van der Waals surface area contributed by atoms with Crippen LogP contribution in [-0.2, 0) is 4.79 Å². The molecule has 1 amide bonds. The second-order valence-corrected chi connectivity index (χ2v) is 5.32. The molecule has 3 rings (SSSR count). The van der Waals surface area contributed by atoms with Crippen molar-refractivity contribution < 1.29 is 9.18 Å². The van der Waals surface area contributed by atoms with Crippen molar-refractivity contribution >= 4 is 17.3 Å². The molecule has 0 bridgehead atoms. The van der Waals surface area contributed by atoms with Crippen molar-refractivity contribution in [1.29, 1.82) is 0 Å². The minimum atomic E-state index is -0.379. The van der Waals surface area contributed by atoms with Crippen LogP contribution in [0.4, 0.5) is 15.8 Å². The highest BCUT2D eigenvalue weighted by atomic mass is 19.1. The first kappa shape index (κ1) is 15.7. The molecule has 24 heavy (non-hydrogen) atoms. The molecule has 0 saturated carbocycles. The smallest absolute Gasteiger partial charge is 0.243 e. The number of para-hydroxylation sites is 1. The highest BCUT2D eigenvalue weighted by Crippen LogP contribution is 2.27. The van der Waals surface area contributed by atoms with Gasteiger partial charge < -0.3 is 10.6 Å². The number of hydrogen-bond acceptors (Lipinski definition) is 2. The van der Waals surface area contributed by atoms with E-state index in [2.05, 4.69) is 10.6 Å². The Kier molecular flexibility index (Phi) is 4.87. The van der Waals surface area contributed by atoms with E-state index in [0.717, 1.165) is 16.8 Å². The minimum Gasteiger partial charge on any atom is -0.376 e. The second-order valence-electron chi connectivity index (χ2n) is 5.32. The number of nitrogens with one attached hydrogen (secondary N) is 2. The number of carbonyl (C=O) groups is 1. The Labute approximate surface area is 140 Å². The summed E-state index contributed by atoms with van der Waals surface area (Å²) in [5.74, 6) is -0.612. The Morgan fingerprint density at radius 2 is 1.62 bits per heavy atom. The fourth-order valence-electron chi connectivity index (χ4n) is 2.45. The van der Waals surface area contributed by atoms with Crippen molar-refractivity contribution in [2.45, 2.75) is 0 Å². The molecule has 0 radical (unpaired) electrons. The van der Waals surface area contributed by atoms with Gasteiger partial charge in [0.1, 0.15) is 5.82 Å². The number of rotatable bonds is 5. The molecular formula is C20H17FN2O. The van der Waals surface area contributed by atoms with E-state index in [1.807, 2.05) is 54.6 Å². The van der Waals surface area contributed by atoms with Crippen LogP contribution in [-0.4, -0.2) is 12.5 Å². The van der Waals surface area contributed by atoms with Crippen LogP contribution in [0.1, 0.15) is 0 Å². The van der Waals surface area contributed by atoms with Gasteiger partial charge >= 0.3 is 0 Å². The Morgan fingerprint density at radius 1 is 0.875 bits per heavy atom. The first-order chi connectivity index (χ1) is 11.7. The van der Waals surface area contributed by atoms with Gasteiger partial charge in [-0.05, 0) is 29.8 Å². The van der Waals surface area contributed by atoms with Crippen LogP contribution in [0, 0.1) is 5.82 Å². The molecule has 0 unspecified atom stereocenters. The molecular weight excluding hydrogens is 303 g/mol. The number of benzene rings is 3. The Morgan fingerprint density at radius 3 is 2.42 bits per heavy atom. The van der Waals surface area contributed by atoms with E-state index in [9.17, 15) is 9.18 Å². The van der Waals surface area contributed by atoms with Gasteiger partial charge in [-0.1, -0.05) is 54.6 Å². The van der Waals surface area contributed by atoms with Crippen LogP contribution in [0.2, 0.25) is 0 Å². The minimum absolute atomic E-state index is 0.0976. The number of carbonyl (C=O) groups excluding carboxylic acids is 1. The van der Waals surface area contributed by atoms with Gasteiger partial charge in [-0.25, -0.2) is 4.39 Å². The summed E-state index contributed by atoms with van der Waals surface area (Å²) < 4.78 is 13.1. The molecule has 0 aliphatic heterocycles. The van der Waals surface area contributed by atoms with Gasteiger partial charge in [-0.15, -0.1) is 0 Å². The summed E-state index contributed by atoms with van der Waals surface area (Å²) in [6, 6.07) is 23.6. The third kappa shape index (κ3) is 3.98. The zero-order valence-electron chi connectivity index (χ0n) is 13.0. The van der Waals surface area contributed by atoms with Gasteiger partial charge in [-0.3, -0.25) is 4.79 Å². The van der Waals surface area contributed by atoms with Crippen LogP contribution >= 0.6 is 0 Å². The zero-order chi connectivity index (χ0) is 16.8. The van der Waals surface area contributed by atoms with Gasteiger partial charge in [0.25, 0.3) is 0 Å². The van der Waals surface area contributed by atoms with Crippen LogP contribution in [0.5, 0.6) is 0 Å². The Bertz CT molecular complexity index is 834. The highest BCUT2D eigenvalue weighted by molar-refractivity contribution is 5.94. The molecule has 0 aliphatic rings. The largest absolute Gasteiger partial charge is 0.376 e. The van der Waals surface area contributed by atoms with Crippen molar-refractivity contribution in [3.63, 3.8) is 0 Å². The van der Waals surface area contributed by atoms with Gasteiger partial charge in [0, 0.05) is 16.9 Å². The molecule has 0 saturated heterocycles. The number of amides is 1. The molecule has 3 aromatic carbocycles. The Hall–Kier alpha value is -3.14. The van der Waals surface area contributed by atoms with Crippen LogP contribution in [0.15, 0.2) is 78.9 Å². The van der Waals surface area contributed by atoms with E-state index in [1.54, 1.807) is 12.1 Å². The molecule has 120 valence electrons. The summed E-state index contributed by atoms with van der Waals surface area (Å²) >= 11 is 0. The second kappa shape index (κ2) is 7.42. The predicted octanol–water partition coefficient (Wildman–Crippen LogP) is 4.54. The standard InChI is InChI=1S/C20H17FN2O/c21-16-9-6-10-17(13-16)23-20(24)14-22-19-12-5-4-11-18(19)15-7-2-1-3-8-15/h1-13,22H,14H2,(H,23,24).